The maximum atomic E-state index is 12.7. The number of aliphatic hydroxyl groups is 1. The molecule has 0 heterocycles. The van der Waals surface area contributed by atoms with Gasteiger partial charge >= 0.3 is 5.97 Å². The molecule has 0 radical (unpaired) electrons. The van der Waals surface area contributed by atoms with E-state index in [1.807, 2.05) is 13.0 Å². The summed E-state index contributed by atoms with van der Waals surface area (Å²) in [6, 6.07) is 10.0. The molecule has 0 aromatic heterocycles. The van der Waals surface area contributed by atoms with Crippen LogP contribution in [0.5, 0.6) is 0 Å². The Morgan fingerprint density at radius 1 is 1.18 bits per heavy atom. The molecule has 0 spiro atoms. The van der Waals surface area contributed by atoms with Crippen LogP contribution in [0.25, 0.3) is 5.70 Å². The Balaban J connectivity index is 2.15. The molecule has 10 nitrogen and oxygen atoms in total. The van der Waals surface area contributed by atoms with Crippen LogP contribution in [-0.4, -0.2) is 48.4 Å². The fourth-order valence-electron chi connectivity index (χ4n) is 3.10. The first-order valence-corrected chi connectivity index (χ1v) is 11.9. The summed E-state index contributed by atoms with van der Waals surface area (Å²) in [7, 11) is 1.15. The molecular weight excluding hydrogens is 506 g/mol. The number of thiol groups is 1. The van der Waals surface area contributed by atoms with Crippen molar-refractivity contribution in [1.29, 1.82) is 0 Å². The number of allylic oxidation sites excluding steroid dienone is 3. The molecule has 0 saturated carbocycles. The van der Waals surface area contributed by atoms with Gasteiger partial charge in [0.25, 0.3) is 11.8 Å². The average molecular weight is 538 g/mol. The van der Waals surface area contributed by atoms with Gasteiger partial charge < -0.3 is 31.9 Å². The molecule has 2 amide bonds. The van der Waals surface area contributed by atoms with E-state index in [0.717, 1.165) is 12.7 Å². The number of benzene rings is 2. The van der Waals surface area contributed by atoms with Crippen molar-refractivity contribution in [3.8, 4) is 0 Å². The summed E-state index contributed by atoms with van der Waals surface area (Å²) in [5.41, 5.74) is 14.9. The lowest BCUT2D eigenvalue weighted by atomic mass is 10.1. The molecule has 1 unspecified atom stereocenters. The third-order valence-electron chi connectivity index (χ3n) is 5.19. The van der Waals surface area contributed by atoms with Crippen molar-refractivity contribution < 1.29 is 24.2 Å². The molecule has 0 aliphatic carbocycles. The molecule has 0 aliphatic rings. The molecule has 0 bridgehead atoms. The van der Waals surface area contributed by atoms with E-state index in [4.69, 9.17) is 11.5 Å². The van der Waals surface area contributed by atoms with Gasteiger partial charge in [-0.15, -0.1) is 12.6 Å². The van der Waals surface area contributed by atoms with Crippen molar-refractivity contribution in [2.45, 2.75) is 24.3 Å². The molecule has 7 N–H and O–H groups in total. The van der Waals surface area contributed by atoms with E-state index in [2.05, 4.69) is 39.6 Å². The number of nitrogens with two attached hydrogens (primary N) is 2. The molecule has 0 saturated heterocycles. The molecular formula is C27H31N5O5S. The Bertz CT molecular complexity index is 1290. The van der Waals surface area contributed by atoms with E-state index in [1.165, 1.54) is 30.3 Å². The van der Waals surface area contributed by atoms with Crippen LogP contribution in [0.2, 0.25) is 0 Å². The molecule has 11 heteroatoms. The Morgan fingerprint density at radius 3 is 2.39 bits per heavy atom. The standard InChI is InChI=1S/C27H31N5O5S/c1-4-6-22(17-9-12-20(28)24(38)13-17)30-18(5-2)14-21(29)26(35)31-19-10-7-16(8-11-19)25(34)32-23(15-33)27(36)37-3/h4,6-14,23,33,38H,1,5,15,28-29H2,2-3H3,(H,31,35)(H,32,34)/b21-14-,22-6-,30-18-. The third kappa shape index (κ3) is 8.36. The van der Waals surface area contributed by atoms with E-state index >= 15 is 0 Å². The highest BCUT2D eigenvalue weighted by molar-refractivity contribution is 7.80. The highest BCUT2D eigenvalue weighted by Gasteiger charge is 2.21. The molecule has 38 heavy (non-hydrogen) atoms. The fourth-order valence-corrected chi connectivity index (χ4v) is 3.31. The van der Waals surface area contributed by atoms with Crippen LogP contribution in [0.15, 0.2) is 82.9 Å². The first-order chi connectivity index (χ1) is 18.1. The number of anilines is 2. The molecule has 2 rings (SSSR count). The number of hydrogen-bond acceptors (Lipinski definition) is 9. The Hall–Kier alpha value is -4.35. The number of aliphatic imine (C=N–C) groups is 1. The lowest BCUT2D eigenvalue weighted by molar-refractivity contribution is -0.143. The number of ether oxygens (including phenoxy) is 1. The van der Waals surface area contributed by atoms with Crippen LogP contribution in [-0.2, 0) is 14.3 Å². The number of aliphatic hydroxyl groups excluding tert-OH is 1. The number of amides is 2. The zero-order valence-electron chi connectivity index (χ0n) is 21.1. The fraction of sp³-hybridized carbons (Fsp3) is 0.185. The van der Waals surface area contributed by atoms with Gasteiger partial charge in [-0.2, -0.15) is 0 Å². The number of nitrogen functional groups attached to an aromatic ring is 1. The summed E-state index contributed by atoms with van der Waals surface area (Å²) in [6.07, 6.45) is 5.30. The average Bonchev–Trinajstić information content (AvgIpc) is 2.92. The maximum Gasteiger partial charge on any atom is 0.330 e. The maximum absolute atomic E-state index is 12.7. The van der Waals surface area contributed by atoms with Gasteiger partial charge in [-0.25, -0.2) is 4.79 Å². The number of carbonyl (C=O) groups is 3. The minimum Gasteiger partial charge on any atom is -0.467 e. The quantitative estimate of drug-likeness (QED) is 0.0639. The Morgan fingerprint density at radius 2 is 1.84 bits per heavy atom. The molecule has 1 atom stereocenters. The van der Waals surface area contributed by atoms with Crippen molar-refractivity contribution in [3.05, 3.63) is 84.1 Å². The lowest BCUT2D eigenvalue weighted by Crippen LogP contribution is -2.44. The van der Waals surface area contributed by atoms with Crippen LogP contribution in [0, 0.1) is 0 Å². The van der Waals surface area contributed by atoms with Gasteiger partial charge in [0.05, 0.1) is 25.1 Å². The van der Waals surface area contributed by atoms with Gasteiger partial charge in [0.15, 0.2) is 6.04 Å². The highest BCUT2D eigenvalue weighted by Crippen LogP contribution is 2.24. The summed E-state index contributed by atoms with van der Waals surface area (Å²) in [6.45, 7) is 5.00. The number of nitrogens with zero attached hydrogens (tertiary/aromatic N) is 1. The van der Waals surface area contributed by atoms with Crippen LogP contribution in [0.4, 0.5) is 11.4 Å². The van der Waals surface area contributed by atoms with Gasteiger partial charge in [-0.05, 0) is 55.0 Å². The third-order valence-corrected chi connectivity index (χ3v) is 5.58. The summed E-state index contributed by atoms with van der Waals surface area (Å²) in [5, 5.41) is 14.3. The van der Waals surface area contributed by atoms with E-state index < -0.39 is 30.4 Å². The number of rotatable bonds is 11. The number of hydrogen-bond donors (Lipinski definition) is 6. The van der Waals surface area contributed by atoms with Crippen LogP contribution in [0.1, 0.15) is 29.3 Å². The van der Waals surface area contributed by atoms with Crippen molar-refractivity contribution in [2.24, 2.45) is 10.7 Å². The normalized spacial score (nSPS) is 12.9. The molecule has 0 aliphatic heterocycles. The van der Waals surface area contributed by atoms with Gasteiger partial charge in [-0.3, -0.25) is 14.6 Å². The van der Waals surface area contributed by atoms with Crippen molar-refractivity contribution in [2.75, 3.05) is 24.8 Å². The molecule has 0 fully saturated rings. The number of carbonyl (C=O) groups excluding carboxylic acids is 3. The second-order valence-electron chi connectivity index (χ2n) is 7.88. The second-order valence-corrected chi connectivity index (χ2v) is 8.36. The zero-order valence-corrected chi connectivity index (χ0v) is 22.0. The van der Waals surface area contributed by atoms with Crippen molar-refractivity contribution in [1.82, 2.24) is 5.32 Å². The first-order valence-electron chi connectivity index (χ1n) is 11.5. The Kier molecular flexibility index (Phi) is 11.3. The largest absolute Gasteiger partial charge is 0.467 e. The summed E-state index contributed by atoms with van der Waals surface area (Å²) in [5.74, 6) is -1.92. The highest BCUT2D eigenvalue weighted by atomic mass is 32.1. The van der Waals surface area contributed by atoms with E-state index in [9.17, 15) is 19.5 Å². The lowest BCUT2D eigenvalue weighted by Gasteiger charge is -2.14. The Labute approximate surface area is 226 Å². The van der Waals surface area contributed by atoms with Gasteiger partial charge in [0.1, 0.15) is 0 Å². The number of esters is 1. The van der Waals surface area contributed by atoms with Crippen molar-refractivity contribution in [3.63, 3.8) is 0 Å². The molecule has 2 aromatic carbocycles. The zero-order chi connectivity index (χ0) is 28.2. The topological polar surface area (TPSA) is 169 Å². The van der Waals surface area contributed by atoms with Crippen LogP contribution in [0.3, 0.4) is 0 Å². The SMILES string of the molecule is C=C\C=C(/N=C(\C=C(/N)C(=O)Nc1ccc(C(=O)NC(CO)C(=O)OC)cc1)CC)c1ccc(N)c(S)c1. The molecule has 2 aromatic rings. The molecule has 200 valence electrons. The predicted molar refractivity (Wildman–Crippen MR) is 152 cm³/mol. The summed E-state index contributed by atoms with van der Waals surface area (Å²) in [4.78, 5) is 41.8. The predicted octanol–water partition coefficient (Wildman–Crippen LogP) is 2.68. The number of methoxy groups -OCH3 is 1. The van der Waals surface area contributed by atoms with Crippen LogP contribution >= 0.6 is 12.6 Å². The first kappa shape index (κ1) is 29.9. The van der Waals surface area contributed by atoms with Crippen LogP contribution < -0.4 is 22.1 Å². The van der Waals surface area contributed by atoms with Gasteiger partial charge in [-0.1, -0.05) is 25.6 Å². The number of nitrogens with one attached hydrogen (secondary N) is 2. The van der Waals surface area contributed by atoms with E-state index in [0.29, 0.717) is 34.1 Å². The van der Waals surface area contributed by atoms with Gasteiger partial charge in [0.2, 0.25) is 0 Å². The summed E-state index contributed by atoms with van der Waals surface area (Å²) >= 11 is 4.36. The van der Waals surface area contributed by atoms with E-state index in [-0.39, 0.29) is 11.3 Å². The summed E-state index contributed by atoms with van der Waals surface area (Å²) < 4.78 is 4.52. The minimum atomic E-state index is -1.19. The van der Waals surface area contributed by atoms with Gasteiger partial charge in [0, 0.05) is 33.1 Å². The monoisotopic (exact) mass is 537 g/mol. The minimum absolute atomic E-state index is 0.0681. The smallest absolute Gasteiger partial charge is 0.330 e. The van der Waals surface area contributed by atoms with E-state index in [1.54, 1.807) is 24.3 Å². The van der Waals surface area contributed by atoms with Crippen molar-refractivity contribution >= 4 is 53.2 Å². The second kappa shape index (κ2) is 14.4.